The Hall–Kier alpha value is -2.40. The van der Waals surface area contributed by atoms with Gasteiger partial charge in [-0.2, -0.15) is 0 Å². The fourth-order valence-electron chi connectivity index (χ4n) is 4.14. The van der Waals surface area contributed by atoms with E-state index in [2.05, 4.69) is 24.1 Å². The third-order valence-corrected chi connectivity index (χ3v) is 5.74. The summed E-state index contributed by atoms with van der Waals surface area (Å²) in [4.78, 5) is 15.4. The van der Waals surface area contributed by atoms with Crippen molar-refractivity contribution in [1.29, 1.82) is 0 Å². The number of ether oxygens (including phenoxy) is 1. The van der Waals surface area contributed by atoms with E-state index < -0.39 is 0 Å². The van der Waals surface area contributed by atoms with E-state index in [1.54, 1.807) is 7.11 Å². The predicted octanol–water partition coefficient (Wildman–Crippen LogP) is 4.95. The van der Waals surface area contributed by atoms with E-state index in [1.165, 1.54) is 12.1 Å². The molecule has 2 atom stereocenters. The number of benzene rings is 2. The molecule has 5 heteroatoms. The number of hydrogen-bond donors (Lipinski definition) is 1. The lowest BCUT2D eigenvalue weighted by molar-refractivity contribution is -0.127. The van der Waals surface area contributed by atoms with Crippen molar-refractivity contribution in [2.24, 2.45) is 11.8 Å². The third-order valence-electron chi connectivity index (χ3n) is 5.74. The second-order valence-corrected chi connectivity index (χ2v) is 8.66. The highest BCUT2D eigenvalue weighted by atomic mass is 19.1. The molecule has 2 aromatic rings. The average molecular weight is 413 g/mol. The first-order chi connectivity index (χ1) is 14.4. The van der Waals surface area contributed by atoms with Gasteiger partial charge in [0.05, 0.1) is 19.1 Å². The number of methoxy groups -OCH3 is 1. The van der Waals surface area contributed by atoms with Gasteiger partial charge in [-0.3, -0.25) is 9.69 Å². The van der Waals surface area contributed by atoms with Gasteiger partial charge in [-0.25, -0.2) is 4.39 Å². The molecule has 1 amide bonds. The molecule has 0 spiro atoms. The number of carbonyl (C=O) groups excluding carboxylic acids is 1. The Kier molecular flexibility index (Phi) is 7.86. The molecule has 0 saturated carbocycles. The fourth-order valence-corrected chi connectivity index (χ4v) is 4.14. The third kappa shape index (κ3) is 6.30. The summed E-state index contributed by atoms with van der Waals surface area (Å²) in [5, 5.41) is 3.31. The van der Waals surface area contributed by atoms with Crippen LogP contribution in [-0.2, 0) is 11.3 Å². The van der Waals surface area contributed by atoms with Crippen LogP contribution in [-0.4, -0.2) is 31.0 Å². The second-order valence-electron chi connectivity index (χ2n) is 8.66. The zero-order chi connectivity index (χ0) is 21.5. The lowest BCUT2D eigenvalue weighted by Gasteiger charge is -2.33. The highest BCUT2D eigenvalue weighted by Crippen LogP contribution is 2.26. The van der Waals surface area contributed by atoms with Gasteiger partial charge < -0.3 is 10.1 Å². The molecule has 2 unspecified atom stereocenters. The van der Waals surface area contributed by atoms with Crippen LogP contribution in [0.1, 0.15) is 50.3 Å². The number of likely N-dealkylation sites (tertiary alicyclic amines) is 1. The summed E-state index contributed by atoms with van der Waals surface area (Å²) in [7, 11) is 1.66. The lowest BCUT2D eigenvalue weighted by Crippen LogP contribution is -2.43. The van der Waals surface area contributed by atoms with E-state index in [4.69, 9.17) is 4.74 Å². The number of amides is 1. The molecule has 162 valence electrons. The first kappa shape index (κ1) is 22.3. The van der Waals surface area contributed by atoms with E-state index in [1.807, 2.05) is 36.4 Å². The van der Waals surface area contributed by atoms with E-state index in [0.29, 0.717) is 5.92 Å². The Morgan fingerprint density at radius 2 is 1.87 bits per heavy atom. The van der Waals surface area contributed by atoms with Crippen LogP contribution in [0.2, 0.25) is 0 Å². The first-order valence-electron chi connectivity index (χ1n) is 10.9. The minimum Gasteiger partial charge on any atom is -0.497 e. The molecule has 0 radical (unpaired) electrons. The van der Waals surface area contributed by atoms with E-state index in [-0.39, 0.29) is 23.7 Å². The molecular formula is C25H33FN2O2. The maximum Gasteiger partial charge on any atom is 0.224 e. The van der Waals surface area contributed by atoms with E-state index in [0.717, 1.165) is 55.8 Å². The van der Waals surface area contributed by atoms with Crippen molar-refractivity contribution in [2.45, 2.75) is 45.7 Å². The van der Waals surface area contributed by atoms with Crippen molar-refractivity contribution in [2.75, 3.05) is 20.2 Å². The van der Waals surface area contributed by atoms with Crippen molar-refractivity contribution in [3.05, 3.63) is 65.5 Å². The number of nitrogens with one attached hydrogen (secondary N) is 1. The summed E-state index contributed by atoms with van der Waals surface area (Å²) in [6.07, 6.45) is 2.80. The van der Waals surface area contributed by atoms with Crippen LogP contribution < -0.4 is 10.1 Å². The average Bonchev–Trinajstić information content (AvgIpc) is 2.75. The number of hydrogen-bond acceptors (Lipinski definition) is 3. The fraction of sp³-hybridized carbons (Fsp3) is 0.480. The van der Waals surface area contributed by atoms with Gasteiger partial charge in [0.1, 0.15) is 11.6 Å². The molecule has 1 aliphatic rings. The SMILES string of the molecule is COc1ccc(C(CC(C)C)NC(=O)C2CCCN(Cc3ccc(F)cc3)C2)cc1. The Balaban J connectivity index is 1.62. The number of rotatable bonds is 8. The summed E-state index contributed by atoms with van der Waals surface area (Å²) in [6.45, 7) is 6.80. The molecule has 1 fully saturated rings. The quantitative estimate of drug-likeness (QED) is 0.667. The lowest BCUT2D eigenvalue weighted by atomic mass is 9.93. The van der Waals surface area contributed by atoms with Crippen molar-refractivity contribution in [3.63, 3.8) is 0 Å². The number of carbonyl (C=O) groups is 1. The van der Waals surface area contributed by atoms with E-state index >= 15 is 0 Å². The smallest absolute Gasteiger partial charge is 0.224 e. The molecule has 1 aliphatic heterocycles. The second kappa shape index (κ2) is 10.6. The van der Waals surface area contributed by atoms with Gasteiger partial charge in [0.15, 0.2) is 0 Å². The van der Waals surface area contributed by atoms with Crippen LogP contribution in [0.4, 0.5) is 4.39 Å². The van der Waals surface area contributed by atoms with Gasteiger partial charge in [0.25, 0.3) is 0 Å². The van der Waals surface area contributed by atoms with Crippen molar-refractivity contribution < 1.29 is 13.9 Å². The van der Waals surface area contributed by atoms with Crippen LogP contribution in [0.15, 0.2) is 48.5 Å². The maximum absolute atomic E-state index is 13.2. The summed E-state index contributed by atoms with van der Waals surface area (Å²) in [6, 6.07) is 14.6. The van der Waals surface area contributed by atoms with Crippen LogP contribution in [0.5, 0.6) is 5.75 Å². The summed E-state index contributed by atoms with van der Waals surface area (Å²) < 4.78 is 18.4. The van der Waals surface area contributed by atoms with Gasteiger partial charge in [-0.05, 0) is 67.1 Å². The molecule has 3 rings (SSSR count). The first-order valence-corrected chi connectivity index (χ1v) is 10.9. The van der Waals surface area contributed by atoms with Gasteiger partial charge >= 0.3 is 0 Å². The van der Waals surface area contributed by atoms with Crippen LogP contribution in [0.25, 0.3) is 0 Å². The molecule has 4 nitrogen and oxygen atoms in total. The number of piperidine rings is 1. The summed E-state index contributed by atoms with van der Waals surface area (Å²) in [5.74, 6) is 1.17. The van der Waals surface area contributed by atoms with Gasteiger partial charge in [-0.15, -0.1) is 0 Å². The molecule has 1 heterocycles. The van der Waals surface area contributed by atoms with Crippen LogP contribution in [0.3, 0.4) is 0 Å². The monoisotopic (exact) mass is 412 g/mol. The van der Waals surface area contributed by atoms with Gasteiger partial charge in [-0.1, -0.05) is 38.1 Å². The largest absolute Gasteiger partial charge is 0.497 e. The molecule has 0 aliphatic carbocycles. The van der Waals surface area contributed by atoms with Crippen LogP contribution >= 0.6 is 0 Å². The van der Waals surface area contributed by atoms with Crippen molar-refractivity contribution in [3.8, 4) is 5.75 Å². The molecule has 1 saturated heterocycles. The molecule has 0 aromatic heterocycles. The van der Waals surface area contributed by atoms with Crippen molar-refractivity contribution in [1.82, 2.24) is 10.2 Å². The minimum absolute atomic E-state index is 0.00381. The standard InChI is InChI=1S/C25H33FN2O2/c1-18(2)15-24(20-8-12-23(30-3)13-9-20)27-25(29)21-5-4-14-28(17-21)16-19-6-10-22(26)11-7-19/h6-13,18,21,24H,4-5,14-17H2,1-3H3,(H,27,29). The van der Waals surface area contributed by atoms with Crippen LogP contribution in [0, 0.1) is 17.7 Å². The Bertz CT molecular complexity index is 805. The molecule has 1 N–H and O–H groups in total. The Morgan fingerprint density at radius 3 is 2.50 bits per heavy atom. The van der Waals surface area contributed by atoms with E-state index in [9.17, 15) is 9.18 Å². The Labute approximate surface area is 179 Å². The van der Waals surface area contributed by atoms with Gasteiger partial charge in [0.2, 0.25) is 5.91 Å². The summed E-state index contributed by atoms with van der Waals surface area (Å²) in [5.41, 5.74) is 2.19. The molecule has 30 heavy (non-hydrogen) atoms. The zero-order valence-corrected chi connectivity index (χ0v) is 18.2. The summed E-state index contributed by atoms with van der Waals surface area (Å²) >= 11 is 0. The van der Waals surface area contributed by atoms with Gasteiger partial charge in [0, 0.05) is 13.1 Å². The zero-order valence-electron chi connectivity index (χ0n) is 18.2. The Morgan fingerprint density at radius 1 is 1.17 bits per heavy atom. The predicted molar refractivity (Wildman–Crippen MR) is 118 cm³/mol. The highest BCUT2D eigenvalue weighted by Gasteiger charge is 2.28. The molecule has 0 bridgehead atoms. The number of halogens is 1. The highest BCUT2D eigenvalue weighted by molar-refractivity contribution is 5.79. The number of nitrogens with zero attached hydrogens (tertiary/aromatic N) is 1. The topological polar surface area (TPSA) is 41.6 Å². The van der Waals surface area contributed by atoms with Crippen molar-refractivity contribution >= 4 is 5.91 Å². The normalized spacial score (nSPS) is 18.2. The maximum atomic E-state index is 13.2. The minimum atomic E-state index is -0.218. The molecule has 2 aromatic carbocycles. The molecular weight excluding hydrogens is 379 g/mol.